The van der Waals surface area contributed by atoms with E-state index in [2.05, 4.69) is 45.9 Å². The average Bonchev–Trinajstić information content (AvgIpc) is 3.19. The maximum Gasteiger partial charge on any atom is 0.124 e. The third-order valence-corrected chi connectivity index (χ3v) is 4.80. The van der Waals surface area contributed by atoms with Crippen molar-refractivity contribution in [3.63, 3.8) is 0 Å². The number of hydrogen-bond donors (Lipinski definition) is 0. The Balaban J connectivity index is 0.00000113. The summed E-state index contributed by atoms with van der Waals surface area (Å²) in [5.41, 5.74) is 3.53. The van der Waals surface area contributed by atoms with Gasteiger partial charge in [0.2, 0.25) is 0 Å². The van der Waals surface area contributed by atoms with Crippen LogP contribution in [-0.4, -0.2) is 27.5 Å². The zero-order valence-corrected chi connectivity index (χ0v) is 17.5. The zero-order valence-electron chi connectivity index (χ0n) is 14.3. The lowest BCUT2D eigenvalue weighted by atomic mass is 10.2. The Labute approximate surface area is 178 Å². The van der Waals surface area contributed by atoms with Gasteiger partial charge in [0.25, 0.3) is 0 Å². The first kappa shape index (κ1) is 23.1. The maximum absolute atomic E-state index is 6.01. The molecule has 0 saturated carbocycles. The number of likely N-dealkylation sites (tertiary alicyclic amines) is 1. The molecule has 1 saturated heterocycles. The van der Waals surface area contributed by atoms with E-state index in [-0.39, 0.29) is 37.2 Å². The van der Waals surface area contributed by atoms with Crippen molar-refractivity contribution < 1.29 is 0 Å². The van der Waals surface area contributed by atoms with Crippen molar-refractivity contribution in [2.24, 2.45) is 0 Å². The second-order valence-corrected chi connectivity index (χ2v) is 6.65. The molecule has 0 atom stereocenters. The molecule has 4 rings (SSSR count). The molecule has 1 aliphatic rings. The lowest BCUT2D eigenvalue weighted by Gasteiger charge is -2.16. The summed E-state index contributed by atoms with van der Waals surface area (Å²) in [5, 5.41) is 0.779. The van der Waals surface area contributed by atoms with Crippen molar-refractivity contribution in [1.82, 2.24) is 14.5 Å². The van der Waals surface area contributed by atoms with E-state index in [0.717, 1.165) is 29.5 Å². The second kappa shape index (κ2) is 10.4. The second-order valence-electron chi connectivity index (χ2n) is 6.21. The van der Waals surface area contributed by atoms with Crippen molar-refractivity contribution in [3.8, 4) is 0 Å². The van der Waals surface area contributed by atoms with Gasteiger partial charge in [0.15, 0.2) is 0 Å². The molecule has 0 N–H and O–H groups in total. The Morgan fingerprint density at radius 2 is 1.50 bits per heavy atom. The highest BCUT2D eigenvalue weighted by molar-refractivity contribution is 6.30. The van der Waals surface area contributed by atoms with Crippen molar-refractivity contribution >= 4 is 59.9 Å². The largest absolute Gasteiger partial charge is 0.322 e. The molecule has 0 aliphatic carbocycles. The molecule has 0 unspecified atom stereocenters. The third kappa shape index (κ3) is 5.05. The van der Waals surface area contributed by atoms with Crippen molar-refractivity contribution in [3.05, 3.63) is 64.9 Å². The molecule has 2 aromatic carbocycles. The minimum absolute atomic E-state index is 0. The van der Waals surface area contributed by atoms with Gasteiger partial charge < -0.3 is 4.57 Å². The van der Waals surface area contributed by atoms with Gasteiger partial charge >= 0.3 is 0 Å². The summed E-state index contributed by atoms with van der Waals surface area (Å²) in [7, 11) is 0. The summed E-state index contributed by atoms with van der Waals surface area (Å²) in [6.45, 7) is 4.14. The van der Waals surface area contributed by atoms with Crippen LogP contribution >= 0.6 is 48.8 Å². The first-order valence-electron chi connectivity index (χ1n) is 8.20. The van der Waals surface area contributed by atoms with Crippen molar-refractivity contribution in [2.45, 2.75) is 25.9 Å². The van der Waals surface area contributed by atoms with Gasteiger partial charge in [0.1, 0.15) is 5.82 Å². The van der Waals surface area contributed by atoms with Gasteiger partial charge in [-0.3, -0.25) is 4.90 Å². The first-order valence-corrected chi connectivity index (χ1v) is 8.58. The summed E-state index contributed by atoms with van der Waals surface area (Å²) >= 11 is 6.01. The third-order valence-electron chi connectivity index (χ3n) is 4.55. The van der Waals surface area contributed by atoms with E-state index in [1.54, 1.807) is 0 Å². The van der Waals surface area contributed by atoms with E-state index < -0.39 is 0 Å². The predicted octanol–water partition coefficient (Wildman–Crippen LogP) is 5.60. The average molecular weight is 435 g/mol. The van der Waals surface area contributed by atoms with Gasteiger partial charge in [0.05, 0.1) is 17.6 Å². The fraction of sp³-hybridized carbons (Fsp3) is 0.316. The number of hydrogen-bond acceptors (Lipinski definition) is 2. The molecule has 1 fully saturated rings. The summed E-state index contributed by atoms with van der Waals surface area (Å²) in [4.78, 5) is 7.38. The summed E-state index contributed by atoms with van der Waals surface area (Å²) in [5.74, 6) is 1.16. The summed E-state index contributed by atoms with van der Waals surface area (Å²) in [6, 6.07) is 16.5. The molecule has 1 aromatic heterocycles. The quantitative estimate of drug-likeness (QED) is 0.532. The Morgan fingerprint density at radius 3 is 2.19 bits per heavy atom. The molecule has 142 valence electrons. The van der Waals surface area contributed by atoms with Crippen molar-refractivity contribution in [1.29, 1.82) is 0 Å². The topological polar surface area (TPSA) is 21.1 Å². The van der Waals surface area contributed by atoms with Crippen LogP contribution in [0.5, 0.6) is 0 Å². The Kier molecular flexibility index (Phi) is 9.22. The summed E-state index contributed by atoms with van der Waals surface area (Å²) in [6.07, 6.45) is 2.61. The predicted molar refractivity (Wildman–Crippen MR) is 117 cm³/mol. The molecule has 26 heavy (non-hydrogen) atoms. The molecule has 0 spiro atoms. The SMILES string of the molecule is Cl.Cl.Cl.Clc1ccc(Cn2c(CN3CCCC3)nc3ccccc32)cc1. The monoisotopic (exact) mass is 433 g/mol. The van der Waals surface area contributed by atoms with E-state index >= 15 is 0 Å². The van der Waals surface area contributed by atoms with E-state index in [0.29, 0.717) is 0 Å². The molecule has 3 aromatic rings. The molecule has 0 amide bonds. The number of benzene rings is 2. The molecular weight excluding hydrogens is 412 g/mol. The van der Waals surface area contributed by atoms with E-state index in [1.165, 1.54) is 37.0 Å². The smallest absolute Gasteiger partial charge is 0.124 e. The lowest BCUT2D eigenvalue weighted by Crippen LogP contribution is -2.21. The number of aromatic nitrogens is 2. The van der Waals surface area contributed by atoms with Crippen LogP contribution in [0.4, 0.5) is 0 Å². The van der Waals surface area contributed by atoms with Crippen LogP contribution in [0.3, 0.4) is 0 Å². The number of rotatable bonds is 4. The highest BCUT2D eigenvalue weighted by atomic mass is 35.5. The molecular formula is C19H23Cl4N3. The minimum Gasteiger partial charge on any atom is -0.322 e. The molecule has 7 heteroatoms. The highest BCUT2D eigenvalue weighted by Gasteiger charge is 2.17. The summed E-state index contributed by atoms with van der Waals surface area (Å²) < 4.78 is 2.34. The van der Waals surface area contributed by atoms with Crippen LogP contribution in [-0.2, 0) is 13.1 Å². The molecule has 3 nitrogen and oxygen atoms in total. The van der Waals surface area contributed by atoms with Crippen LogP contribution in [0, 0.1) is 0 Å². The molecule has 2 heterocycles. The number of para-hydroxylation sites is 2. The van der Waals surface area contributed by atoms with E-state index in [4.69, 9.17) is 16.6 Å². The van der Waals surface area contributed by atoms with Gasteiger partial charge in [-0.05, 0) is 55.8 Å². The van der Waals surface area contributed by atoms with Crippen LogP contribution in [0.25, 0.3) is 11.0 Å². The number of halogens is 4. The highest BCUT2D eigenvalue weighted by Crippen LogP contribution is 2.21. The van der Waals surface area contributed by atoms with Gasteiger partial charge in [-0.15, -0.1) is 37.2 Å². The Bertz CT molecular complexity index is 811. The van der Waals surface area contributed by atoms with Gasteiger partial charge in [-0.25, -0.2) is 4.98 Å². The van der Waals surface area contributed by atoms with Crippen LogP contribution in [0.1, 0.15) is 24.2 Å². The molecule has 1 aliphatic heterocycles. The number of nitrogens with zero attached hydrogens (tertiary/aromatic N) is 3. The van der Waals surface area contributed by atoms with Crippen LogP contribution < -0.4 is 0 Å². The van der Waals surface area contributed by atoms with Crippen molar-refractivity contribution in [2.75, 3.05) is 13.1 Å². The lowest BCUT2D eigenvalue weighted by molar-refractivity contribution is 0.318. The minimum atomic E-state index is 0. The van der Waals surface area contributed by atoms with E-state index in [9.17, 15) is 0 Å². The van der Waals surface area contributed by atoms with Gasteiger partial charge in [-0.2, -0.15) is 0 Å². The van der Waals surface area contributed by atoms with Crippen LogP contribution in [0.2, 0.25) is 5.02 Å². The fourth-order valence-electron chi connectivity index (χ4n) is 3.34. The van der Waals surface area contributed by atoms with Gasteiger partial charge in [0, 0.05) is 11.6 Å². The first-order chi connectivity index (χ1) is 11.3. The normalized spacial score (nSPS) is 13.7. The molecule has 0 radical (unpaired) electrons. The zero-order chi connectivity index (χ0) is 15.6. The standard InChI is InChI=1S/C19H20ClN3.3ClH/c20-16-9-7-15(8-10-16)13-23-18-6-2-1-5-17(18)21-19(23)14-22-11-3-4-12-22;;;/h1-2,5-10H,3-4,11-14H2;3*1H. The fourth-order valence-corrected chi connectivity index (χ4v) is 3.46. The molecule has 0 bridgehead atoms. The number of imidazole rings is 1. The maximum atomic E-state index is 6.01. The Hall–Kier alpha value is -0.970. The van der Waals surface area contributed by atoms with Gasteiger partial charge in [-0.1, -0.05) is 35.9 Å². The Morgan fingerprint density at radius 1 is 0.846 bits per heavy atom. The number of fused-ring (bicyclic) bond motifs is 1. The van der Waals surface area contributed by atoms with Crippen LogP contribution in [0.15, 0.2) is 48.5 Å². The van der Waals surface area contributed by atoms with E-state index in [1.807, 2.05) is 12.1 Å².